The summed E-state index contributed by atoms with van der Waals surface area (Å²) in [5, 5.41) is 0. The highest BCUT2D eigenvalue weighted by atomic mass is 16.2. The van der Waals surface area contributed by atoms with Crippen LogP contribution in [0.5, 0.6) is 0 Å². The molecule has 2 aliphatic rings. The lowest BCUT2D eigenvalue weighted by molar-refractivity contribution is -0.117. The fraction of sp³-hybridized carbons (Fsp3) is 0.533. The number of benzene rings is 1. The molecule has 3 rings (SSSR count). The third-order valence-corrected chi connectivity index (χ3v) is 4.42. The first-order valence-electron chi connectivity index (χ1n) is 6.80. The van der Waals surface area contributed by atoms with E-state index in [9.17, 15) is 4.79 Å². The predicted molar refractivity (Wildman–Crippen MR) is 72.7 cm³/mol. The van der Waals surface area contributed by atoms with Gasteiger partial charge in [-0.3, -0.25) is 4.79 Å². The zero-order valence-electron chi connectivity index (χ0n) is 10.9. The minimum atomic E-state index is 0.202. The first kappa shape index (κ1) is 11.7. The molecule has 0 radical (unpaired) electrons. The molecule has 1 heterocycles. The molecule has 0 saturated heterocycles. The van der Waals surface area contributed by atoms with Gasteiger partial charge in [0.15, 0.2) is 0 Å². The maximum atomic E-state index is 11.7. The van der Waals surface area contributed by atoms with Gasteiger partial charge < -0.3 is 10.6 Å². The maximum absolute atomic E-state index is 11.7. The number of anilines is 1. The summed E-state index contributed by atoms with van der Waals surface area (Å²) in [6.45, 7) is 0. The quantitative estimate of drug-likeness (QED) is 0.823. The molecule has 1 aliphatic heterocycles. The summed E-state index contributed by atoms with van der Waals surface area (Å²) in [4.78, 5) is 13.4. The van der Waals surface area contributed by atoms with E-state index in [1.54, 1.807) is 4.90 Å². The molecule has 3 nitrogen and oxygen atoms in total. The van der Waals surface area contributed by atoms with Crippen LogP contribution in [0.15, 0.2) is 18.2 Å². The van der Waals surface area contributed by atoms with E-state index in [2.05, 4.69) is 18.2 Å². The average molecular weight is 244 g/mol. The van der Waals surface area contributed by atoms with Crippen LogP contribution in [0.3, 0.4) is 0 Å². The van der Waals surface area contributed by atoms with Gasteiger partial charge in [0.2, 0.25) is 5.91 Å². The van der Waals surface area contributed by atoms with Gasteiger partial charge in [0, 0.05) is 18.8 Å². The maximum Gasteiger partial charge on any atom is 0.231 e. The van der Waals surface area contributed by atoms with Gasteiger partial charge in [-0.1, -0.05) is 12.1 Å². The smallest absolute Gasteiger partial charge is 0.231 e. The fourth-order valence-corrected chi connectivity index (χ4v) is 3.20. The Hall–Kier alpha value is -1.35. The second kappa shape index (κ2) is 4.39. The van der Waals surface area contributed by atoms with E-state index in [1.165, 1.54) is 24.0 Å². The van der Waals surface area contributed by atoms with Crippen molar-refractivity contribution in [3.63, 3.8) is 0 Å². The molecule has 2 N–H and O–H groups in total. The Balaban J connectivity index is 1.83. The van der Waals surface area contributed by atoms with Gasteiger partial charge in [0.05, 0.1) is 6.42 Å². The fourth-order valence-electron chi connectivity index (χ4n) is 3.20. The van der Waals surface area contributed by atoms with Crippen LogP contribution < -0.4 is 10.6 Å². The molecule has 1 fully saturated rings. The van der Waals surface area contributed by atoms with Crippen LogP contribution in [0.2, 0.25) is 0 Å². The monoisotopic (exact) mass is 244 g/mol. The molecule has 3 heteroatoms. The lowest BCUT2D eigenvalue weighted by Gasteiger charge is -2.26. The zero-order chi connectivity index (χ0) is 12.7. The highest BCUT2D eigenvalue weighted by molar-refractivity contribution is 6.00. The van der Waals surface area contributed by atoms with Crippen molar-refractivity contribution in [3.8, 4) is 0 Å². The van der Waals surface area contributed by atoms with Gasteiger partial charge in [-0.05, 0) is 48.8 Å². The van der Waals surface area contributed by atoms with Crippen LogP contribution in [0.1, 0.15) is 42.7 Å². The van der Waals surface area contributed by atoms with Crippen molar-refractivity contribution in [2.45, 2.75) is 44.1 Å². The molecular weight excluding hydrogens is 224 g/mol. The second-order valence-corrected chi connectivity index (χ2v) is 5.63. The first-order valence-corrected chi connectivity index (χ1v) is 6.80. The minimum absolute atomic E-state index is 0.202. The predicted octanol–water partition coefficient (Wildman–Crippen LogP) is 2.19. The Morgan fingerprint density at radius 2 is 1.94 bits per heavy atom. The molecule has 18 heavy (non-hydrogen) atoms. The molecule has 0 aromatic heterocycles. The second-order valence-electron chi connectivity index (χ2n) is 5.63. The Morgan fingerprint density at radius 1 is 1.22 bits per heavy atom. The van der Waals surface area contributed by atoms with E-state index >= 15 is 0 Å². The topological polar surface area (TPSA) is 46.3 Å². The van der Waals surface area contributed by atoms with E-state index in [0.29, 0.717) is 18.4 Å². The lowest BCUT2D eigenvalue weighted by Crippen LogP contribution is -2.25. The normalized spacial score (nSPS) is 27.4. The molecule has 96 valence electrons. The molecule has 1 aromatic rings. The van der Waals surface area contributed by atoms with Crippen LogP contribution >= 0.6 is 0 Å². The standard InChI is InChI=1S/C15H20N2O/c1-17-14-7-4-11(8-12(14)9-15(17)18)10-2-5-13(16)6-3-10/h4,7-8,10,13H,2-3,5-6,9,16H2,1H3. The Labute approximate surface area is 108 Å². The number of hydrogen-bond acceptors (Lipinski definition) is 2. The summed E-state index contributed by atoms with van der Waals surface area (Å²) in [5.74, 6) is 0.837. The molecule has 0 bridgehead atoms. The number of nitrogens with zero attached hydrogens (tertiary/aromatic N) is 1. The van der Waals surface area contributed by atoms with Crippen molar-refractivity contribution >= 4 is 11.6 Å². The molecule has 0 unspecified atom stereocenters. The summed E-state index contributed by atoms with van der Waals surface area (Å²) in [6.07, 6.45) is 5.18. The molecule has 1 saturated carbocycles. The molecule has 0 spiro atoms. The highest BCUT2D eigenvalue weighted by Gasteiger charge is 2.26. The molecule has 0 atom stereocenters. The summed E-state index contributed by atoms with van der Waals surface area (Å²) in [7, 11) is 1.85. The number of amides is 1. The van der Waals surface area contributed by atoms with Crippen molar-refractivity contribution in [1.82, 2.24) is 0 Å². The van der Waals surface area contributed by atoms with Crippen molar-refractivity contribution in [1.29, 1.82) is 0 Å². The zero-order valence-corrected chi connectivity index (χ0v) is 10.9. The van der Waals surface area contributed by atoms with Crippen LogP contribution in [0, 0.1) is 0 Å². The summed E-state index contributed by atoms with van der Waals surface area (Å²) in [5.41, 5.74) is 9.61. The van der Waals surface area contributed by atoms with Crippen molar-refractivity contribution in [2.24, 2.45) is 5.73 Å². The molecular formula is C15H20N2O. The van der Waals surface area contributed by atoms with E-state index in [1.807, 2.05) is 7.05 Å². The van der Waals surface area contributed by atoms with Crippen LogP contribution in [0.4, 0.5) is 5.69 Å². The van der Waals surface area contributed by atoms with Gasteiger partial charge in [-0.2, -0.15) is 0 Å². The number of rotatable bonds is 1. The number of likely N-dealkylation sites (N-methyl/N-ethyl adjacent to an activating group) is 1. The number of fused-ring (bicyclic) bond motifs is 1. The van der Waals surface area contributed by atoms with Crippen molar-refractivity contribution in [3.05, 3.63) is 29.3 Å². The SMILES string of the molecule is CN1C(=O)Cc2cc(C3CCC(N)CC3)ccc21. The Kier molecular flexibility index (Phi) is 2.86. The third-order valence-electron chi connectivity index (χ3n) is 4.42. The van der Waals surface area contributed by atoms with E-state index in [0.717, 1.165) is 18.5 Å². The number of hydrogen-bond donors (Lipinski definition) is 1. The first-order chi connectivity index (χ1) is 8.65. The van der Waals surface area contributed by atoms with Gasteiger partial charge >= 0.3 is 0 Å². The van der Waals surface area contributed by atoms with Gasteiger partial charge in [0.1, 0.15) is 0 Å². The number of carbonyl (C=O) groups is 1. The van der Waals surface area contributed by atoms with Crippen LogP contribution in [-0.4, -0.2) is 19.0 Å². The van der Waals surface area contributed by atoms with E-state index < -0.39 is 0 Å². The van der Waals surface area contributed by atoms with E-state index in [-0.39, 0.29) is 5.91 Å². The molecule has 1 amide bonds. The lowest BCUT2D eigenvalue weighted by atomic mass is 9.81. The largest absolute Gasteiger partial charge is 0.328 e. The number of nitrogens with two attached hydrogens (primary N) is 1. The Morgan fingerprint density at radius 3 is 2.67 bits per heavy atom. The van der Waals surface area contributed by atoms with Gasteiger partial charge in [-0.15, -0.1) is 0 Å². The van der Waals surface area contributed by atoms with Gasteiger partial charge in [-0.25, -0.2) is 0 Å². The minimum Gasteiger partial charge on any atom is -0.328 e. The summed E-state index contributed by atoms with van der Waals surface area (Å²) in [6, 6.07) is 6.92. The average Bonchev–Trinajstić information content (AvgIpc) is 2.65. The van der Waals surface area contributed by atoms with Crippen molar-refractivity contribution in [2.75, 3.05) is 11.9 Å². The summed E-state index contributed by atoms with van der Waals surface area (Å²) >= 11 is 0. The third kappa shape index (κ3) is 1.93. The van der Waals surface area contributed by atoms with Gasteiger partial charge in [0.25, 0.3) is 0 Å². The van der Waals surface area contributed by atoms with E-state index in [4.69, 9.17) is 5.73 Å². The highest BCUT2D eigenvalue weighted by Crippen LogP contribution is 2.36. The Bertz CT molecular complexity index is 475. The number of carbonyl (C=O) groups excluding carboxylic acids is 1. The van der Waals surface area contributed by atoms with Crippen LogP contribution in [0.25, 0.3) is 0 Å². The van der Waals surface area contributed by atoms with Crippen LogP contribution in [-0.2, 0) is 11.2 Å². The van der Waals surface area contributed by atoms with Crippen molar-refractivity contribution < 1.29 is 4.79 Å². The molecule has 1 aliphatic carbocycles. The summed E-state index contributed by atoms with van der Waals surface area (Å²) < 4.78 is 0. The molecule has 1 aromatic carbocycles.